The fourth-order valence-corrected chi connectivity index (χ4v) is 3.66. The van der Waals surface area contributed by atoms with Crippen molar-refractivity contribution in [1.82, 2.24) is 25.4 Å². The second kappa shape index (κ2) is 5.75. The normalized spacial score (nSPS) is 12.3. The molecule has 2 aromatic heterocycles. The minimum atomic E-state index is -3.76. The molecule has 0 aliphatic rings. The molecule has 0 spiro atoms. The number of nitrogens with zero attached hydrogens (tertiary/aromatic N) is 3. The van der Waals surface area contributed by atoms with Gasteiger partial charge in [-0.15, -0.1) is 0 Å². The molecule has 0 saturated carbocycles. The standard InChI is InChI=1S/C15H18N6O2S/c1-15(2,3)13-12(8-17-19-13)24(22,23)21-11-6-4-5-10(7-11)14-16-9-18-20-14/h4-9,21H,1-3H3,(H,17,19)(H,16,18,20). The Bertz CT molecular complexity index is 939. The molecule has 3 N–H and O–H groups in total. The van der Waals surface area contributed by atoms with Gasteiger partial charge < -0.3 is 0 Å². The van der Waals surface area contributed by atoms with Crippen LogP contribution in [0.5, 0.6) is 0 Å². The Kier molecular flexibility index (Phi) is 3.88. The Labute approximate surface area is 139 Å². The predicted octanol–water partition coefficient (Wildman–Crippen LogP) is 2.29. The molecule has 9 heteroatoms. The molecule has 0 aliphatic carbocycles. The minimum Gasteiger partial charge on any atom is -0.281 e. The van der Waals surface area contributed by atoms with Crippen molar-refractivity contribution in [2.45, 2.75) is 31.1 Å². The van der Waals surface area contributed by atoms with E-state index in [0.717, 1.165) is 5.56 Å². The minimum absolute atomic E-state index is 0.139. The number of aromatic amines is 2. The van der Waals surface area contributed by atoms with E-state index in [9.17, 15) is 8.42 Å². The van der Waals surface area contributed by atoms with Gasteiger partial charge in [0.15, 0.2) is 5.82 Å². The van der Waals surface area contributed by atoms with E-state index in [1.165, 1.54) is 12.5 Å². The zero-order valence-electron chi connectivity index (χ0n) is 13.5. The molecule has 8 nitrogen and oxygen atoms in total. The van der Waals surface area contributed by atoms with Crippen LogP contribution in [0, 0.1) is 0 Å². The Morgan fingerprint density at radius 1 is 1.12 bits per heavy atom. The molecule has 24 heavy (non-hydrogen) atoms. The first-order chi connectivity index (χ1) is 11.3. The Morgan fingerprint density at radius 2 is 1.92 bits per heavy atom. The summed E-state index contributed by atoms with van der Waals surface area (Å²) in [6.45, 7) is 5.76. The van der Waals surface area contributed by atoms with Gasteiger partial charge >= 0.3 is 0 Å². The third-order valence-corrected chi connectivity index (χ3v) is 4.84. The maximum absolute atomic E-state index is 12.7. The fourth-order valence-electron chi connectivity index (χ4n) is 2.30. The number of aromatic nitrogens is 5. The van der Waals surface area contributed by atoms with Crippen LogP contribution >= 0.6 is 0 Å². The zero-order valence-corrected chi connectivity index (χ0v) is 14.3. The van der Waals surface area contributed by atoms with Gasteiger partial charge in [0.25, 0.3) is 10.0 Å². The summed E-state index contributed by atoms with van der Waals surface area (Å²) in [5.41, 5.74) is 1.35. The summed E-state index contributed by atoms with van der Waals surface area (Å²) in [5, 5.41) is 13.2. The molecule has 0 amide bonds. The number of hydrogen-bond donors (Lipinski definition) is 3. The summed E-state index contributed by atoms with van der Waals surface area (Å²) in [7, 11) is -3.76. The number of anilines is 1. The second-order valence-electron chi connectivity index (χ2n) is 6.38. The third-order valence-electron chi connectivity index (χ3n) is 3.45. The quantitative estimate of drug-likeness (QED) is 0.670. The van der Waals surface area contributed by atoms with Crippen molar-refractivity contribution in [3.05, 3.63) is 42.5 Å². The van der Waals surface area contributed by atoms with Crippen molar-refractivity contribution >= 4 is 15.7 Å². The van der Waals surface area contributed by atoms with Crippen molar-refractivity contribution in [2.75, 3.05) is 4.72 Å². The van der Waals surface area contributed by atoms with E-state index in [2.05, 4.69) is 30.1 Å². The molecule has 3 aromatic rings. The molecule has 0 bridgehead atoms. The van der Waals surface area contributed by atoms with Gasteiger partial charge in [-0.25, -0.2) is 13.4 Å². The first-order valence-corrected chi connectivity index (χ1v) is 8.78. The van der Waals surface area contributed by atoms with Gasteiger partial charge in [0, 0.05) is 16.7 Å². The summed E-state index contributed by atoms with van der Waals surface area (Å²) in [6, 6.07) is 6.93. The highest BCUT2D eigenvalue weighted by Crippen LogP contribution is 2.28. The van der Waals surface area contributed by atoms with Gasteiger partial charge in [-0.1, -0.05) is 32.9 Å². The lowest BCUT2D eigenvalue weighted by molar-refractivity contribution is 0.547. The Balaban J connectivity index is 1.94. The van der Waals surface area contributed by atoms with Crippen LogP contribution in [-0.4, -0.2) is 33.8 Å². The average molecular weight is 346 g/mol. The summed E-state index contributed by atoms with van der Waals surface area (Å²) in [6.07, 6.45) is 2.72. The van der Waals surface area contributed by atoms with Gasteiger partial charge in [-0.05, 0) is 12.1 Å². The van der Waals surface area contributed by atoms with E-state index >= 15 is 0 Å². The highest BCUT2D eigenvalue weighted by atomic mass is 32.2. The van der Waals surface area contributed by atoms with E-state index in [4.69, 9.17) is 0 Å². The van der Waals surface area contributed by atoms with Crippen LogP contribution in [0.3, 0.4) is 0 Å². The van der Waals surface area contributed by atoms with Gasteiger partial charge in [0.05, 0.1) is 11.9 Å². The molecule has 0 saturated heterocycles. The van der Waals surface area contributed by atoms with E-state index in [-0.39, 0.29) is 10.3 Å². The second-order valence-corrected chi connectivity index (χ2v) is 8.03. The van der Waals surface area contributed by atoms with E-state index in [0.29, 0.717) is 17.2 Å². The lowest BCUT2D eigenvalue weighted by atomic mass is 9.92. The smallest absolute Gasteiger partial charge is 0.265 e. The number of sulfonamides is 1. The first kappa shape index (κ1) is 16.2. The number of H-pyrrole nitrogens is 2. The topological polar surface area (TPSA) is 116 Å². The molecule has 0 unspecified atom stereocenters. The Hall–Kier alpha value is -2.68. The fraction of sp³-hybridized carbons (Fsp3) is 0.267. The number of benzene rings is 1. The largest absolute Gasteiger partial charge is 0.281 e. The maximum atomic E-state index is 12.7. The van der Waals surface area contributed by atoms with Gasteiger partial charge in [-0.3, -0.25) is 14.9 Å². The van der Waals surface area contributed by atoms with E-state index in [1.807, 2.05) is 26.8 Å². The van der Waals surface area contributed by atoms with Crippen LogP contribution in [0.2, 0.25) is 0 Å². The number of nitrogens with one attached hydrogen (secondary N) is 3. The molecule has 0 radical (unpaired) electrons. The van der Waals surface area contributed by atoms with Crippen LogP contribution in [0.4, 0.5) is 5.69 Å². The first-order valence-electron chi connectivity index (χ1n) is 7.30. The molecule has 2 heterocycles. The SMILES string of the molecule is CC(C)(C)c1[nH]ncc1S(=O)(=O)Nc1cccc(-c2ncn[nH]2)c1. The summed E-state index contributed by atoms with van der Waals surface area (Å²) in [4.78, 5) is 4.20. The molecule has 0 atom stereocenters. The predicted molar refractivity (Wildman–Crippen MR) is 89.9 cm³/mol. The monoisotopic (exact) mass is 346 g/mol. The highest BCUT2D eigenvalue weighted by molar-refractivity contribution is 7.92. The lowest BCUT2D eigenvalue weighted by Gasteiger charge is -2.18. The average Bonchev–Trinajstić information content (AvgIpc) is 3.18. The number of hydrogen-bond acceptors (Lipinski definition) is 5. The van der Waals surface area contributed by atoms with Crippen LogP contribution in [-0.2, 0) is 15.4 Å². The van der Waals surface area contributed by atoms with Crippen LogP contribution in [0.25, 0.3) is 11.4 Å². The van der Waals surface area contributed by atoms with Crippen molar-refractivity contribution in [3.63, 3.8) is 0 Å². The van der Waals surface area contributed by atoms with Crippen LogP contribution in [0.1, 0.15) is 26.5 Å². The highest BCUT2D eigenvalue weighted by Gasteiger charge is 2.28. The molecular weight excluding hydrogens is 328 g/mol. The molecule has 1 aromatic carbocycles. The van der Waals surface area contributed by atoms with Crippen molar-refractivity contribution in [3.8, 4) is 11.4 Å². The van der Waals surface area contributed by atoms with Crippen LogP contribution in [0.15, 0.2) is 41.7 Å². The van der Waals surface area contributed by atoms with Crippen molar-refractivity contribution in [1.29, 1.82) is 0 Å². The van der Waals surface area contributed by atoms with Gasteiger partial charge in [0.2, 0.25) is 0 Å². The molecular formula is C15H18N6O2S. The molecule has 3 rings (SSSR count). The van der Waals surface area contributed by atoms with E-state index in [1.54, 1.807) is 18.2 Å². The Morgan fingerprint density at radius 3 is 2.58 bits per heavy atom. The van der Waals surface area contributed by atoms with Gasteiger partial charge in [-0.2, -0.15) is 10.2 Å². The molecule has 0 fully saturated rings. The summed E-state index contributed by atoms with van der Waals surface area (Å²) in [5.74, 6) is 0.565. The van der Waals surface area contributed by atoms with Crippen LogP contribution < -0.4 is 4.72 Å². The van der Waals surface area contributed by atoms with E-state index < -0.39 is 10.0 Å². The zero-order chi connectivity index (χ0) is 17.4. The van der Waals surface area contributed by atoms with Crippen molar-refractivity contribution in [2.24, 2.45) is 0 Å². The van der Waals surface area contributed by atoms with Gasteiger partial charge in [0.1, 0.15) is 11.2 Å². The maximum Gasteiger partial charge on any atom is 0.265 e. The molecule has 0 aliphatic heterocycles. The lowest BCUT2D eigenvalue weighted by Crippen LogP contribution is -2.20. The number of rotatable bonds is 4. The molecule has 126 valence electrons. The third kappa shape index (κ3) is 3.16. The summed E-state index contributed by atoms with van der Waals surface area (Å²) < 4.78 is 28.0. The van der Waals surface area contributed by atoms with Crippen molar-refractivity contribution < 1.29 is 8.42 Å². The summed E-state index contributed by atoms with van der Waals surface area (Å²) >= 11 is 0.